The van der Waals surface area contributed by atoms with Crippen molar-refractivity contribution >= 4 is 11.9 Å². The zero-order chi connectivity index (χ0) is 17.5. The van der Waals surface area contributed by atoms with Gasteiger partial charge in [0.15, 0.2) is 5.96 Å². The number of carbonyl (C=O) groups is 1. The Morgan fingerprint density at radius 2 is 1.92 bits per heavy atom. The molecule has 1 atom stereocenters. The number of esters is 1. The first-order valence-electron chi connectivity index (χ1n) is 9.06. The number of carbonyl (C=O) groups excluding carboxylic acids is 1. The number of piperidine rings is 1. The number of likely N-dealkylation sites (N-methyl/N-ethyl adjacent to an activating group) is 2. The molecule has 0 aromatic carbocycles. The number of hydrogen-bond donors (Lipinski definition) is 1. The molecule has 2 fully saturated rings. The van der Waals surface area contributed by atoms with E-state index in [1.807, 2.05) is 14.0 Å². The van der Waals surface area contributed by atoms with Crippen LogP contribution < -0.4 is 5.32 Å². The summed E-state index contributed by atoms with van der Waals surface area (Å²) in [4.78, 5) is 23.3. The lowest BCUT2D eigenvalue weighted by molar-refractivity contribution is -0.149. The number of nitrogens with zero attached hydrogens (tertiary/aromatic N) is 4. The van der Waals surface area contributed by atoms with Crippen LogP contribution in [0.25, 0.3) is 0 Å². The van der Waals surface area contributed by atoms with E-state index in [4.69, 9.17) is 4.74 Å². The molecule has 0 aromatic rings. The number of nitrogens with one attached hydrogen (secondary N) is 1. The summed E-state index contributed by atoms with van der Waals surface area (Å²) < 4.78 is 5.14. The molecule has 2 aliphatic rings. The topological polar surface area (TPSA) is 60.4 Å². The Hall–Kier alpha value is -1.34. The van der Waals surface area contributed by atoms with Crippen molar-refractivity contribution in [3.05, 3.63) is 0 Å². The van der Waals surface area contributed by atoms with Crippen LogP contribution in [0.1, 0.15) is 19.8 Å². The third kappa shape index (κ3) is 5.08. The lowest BCUT2D eigenvalue weighted by atomic mass is 9.97. The third-order valence-corrected chi connectivity index (χ3v) is 5.10. The quantitative estimate of drug-likeness (QED) is 0.445. The second-order valence-electron chi connectivity index (χ2n) is 6.84. The summed E-state index contributed by atoms with van der Waals surface area (Å²) in [6.07, 6.45) is 1.68. The molecule has 0 radical (unpaired) electrons. The summed E-state index contributed by atoms with van der Waals surface area (Å²) in [5.41, 5.74) is 0. The van der Waals surface area contributed by atoms with Crippen LogP contribution in [-0.4, -0.2) is 99.7 Å². The molecule has 2 saturated heterocycles. The van der Waals surface area contributed by atoms with Gasteiger partial charge in [0.25, 0.3) is 0 Å². The summed E-state index contributed by atoms with van der Waals surface area (Å²) in [5, 5.41) is 3.52. The van der Waals surface area contributed by atoms with Gasteiger partial charge in [0.05, 0.1) is 12.5 Å². The van der Waals surface area contributed by atoms with Crippen LogP contribution in [-0.2, 0) is 9.53 Å². The first kappa shape index (κ1) is 19.0. The molecule has 1 N–H and O–H groups in total. The van der Waals surface area contributed by atoms with E-state index in [9.17, 15) is 4.79 Å². The van der Waals surface area contributed by atoms with Crippen molar-refractivity contribution in [1.29, 1.82) is 0 Å². The predicted molar refractivity (Wildman–Crippen MR) is 96.2 cm³/mol. The van der Waals surface area contributed by atoms with E-state index in [0.29, 0.717) is 12.6 Å². The van der Waals surface area contributed by atoms with E-state index < -0.39 is 0 Å². The Kier molecular flexibility index (Phi) is 7.30. The number of aliphatic imine (C=N–C) groups is 1. The molecule has 0 aliphatic carbocycles. The molecule has 2 aliphatic heterocycles. The number of likely N-dealkylation sites (tertiary alicyclic amines) is 1. The van der Waals surface area contributed by atoms with Crippen LogP contribution in [0.15, 0.2) is 4.99 Å². The van der Waals surface area contributed by atoms with Crippen LogP contribution >= 0.6 is 0 Å². The summed E-state index contributed by atoms with van der Waals surface area (Å²) in [7, 11) is 6.19. The fourth-order valence-corrected chi connectivity index (χ4v) is 3.45. The van der Waals surface area contributed by atoms with Gasteiger partial charge in [-0.05, 0) is 33.9 Å². The molecule has 2 rings (SSSR count). The fourth-order valence-electron chi connectivity index (χ4n) is 3.45. The second-order valence-corrected chi connectivity index (χ2v) is 6.84. The monoisotopic (exact) mass is 339 g/mol. The average molecular weight is 339 g/mol. The Morgan fingerprint density at radius 1 is 1.21 bits per heavy atom. The van der Waals surface area contributed by atoms with Crippen molar-refractivity contribution in [2.45, 2.75) is 25.8 Å². The Labute approximate surface area is 146 Å². The molecule has 0 spiro atoms. The lowest BCUT2D eigenvalue weighted by Gasteiger charge is -2.39. The summed E-state index contributed by atoms with van der Waals surface area (Å²) in [6.45, 7) is 8.23. The molecule has 2 heterocycles. The van der Waals surface area contributed by atoms with Crippen molar-refractivity contribution in [3.63, 3.8) is 0 Å². The predicted octanol–water partition coefficient (Wildman–Crippen LogP) is 0.0827. The van der Waals surface area contributed by atoms with Gasteiger partial charge in [-0.3, -0.25) is 14.7 Å². The van der Waals surface area contributed by atoms with E-state index in [1.165, 1.54) is 0 Å². The zero-order valence-corrected chi connectivity index (χ0v) is 15.6. The molecule has 7 heteroatoms. The Bertz CT molecular complexity index is 435. The Balaban J connectivity index is 1.79. The van der Waals surface area contributed by atoms with Crippen molar-refractivity contribution in [1.82, 2.24) is 20.0 Å². The molecule has 1 unspecified atom stereocenters. The van der Waals surface area contributed by atoms with Crippen LogP contribution in [0, 0.1) is 5.92 Å². The molecular weight excluding hydrogens is 306 g/mol. The highest BCUT2D eigenvalue weighted by atomic mass is 16.5. The number of hydrogen-bond acceptors (Lipinski definition) is 5. The first-order valence-corrected chi connectivity index (χ1v) is 9.06. The molecule has 24 heavy (non-hydrogen) atoms. The second kappa shape index (κ2) is 9.22. The Morgan fingerprint density at radius 3 is 2.54 bits per heavy atom. The highest BCUT2D eigenvalue weighted by Gasteiger charge is 2.28. The van der Waals surface area contributed by atoms with Crippen molar-refractivity contribution in [2.75, 3.05) is 67.0 Å². The molecule has 7 nitrogen and oxygen atoms in total. The van der Waals surface area contributed by atoms with Gasteiger partial charge in [-0.15, -0.1) is 0 Å². The van der Waals surface area contributed by atoms with E-state index in [-0.39, 0.29) is 11.9 Å². The minimum absolute atomic E-state index is 0.0393. The van der Waals surface area contributed by atoms with Gasteiger partial charge in [-0.25, -0.2) is 0 Å². The van der Waals surface area contributed by atoms with Gasteiger partial charge in [-0.2, -0.15) is 0 Å². The molecule has 138 valence electrons. The molecule has 0 bridgehead atoms. The van der Waals surface area contributed by atoms with Gasteiger partial charge in [0, 0.05) is 52.4 Å². The average Bonchev–Trinajstić information content (AvgIpc) is 2.59. The lowest BCUT2D eigenvalue weighted by Crippen LogP contribution is -2.56. The summed E-state index contributed by atoms with van der Waals surface area (Å²) >= 11 is 0. The number of ether oxygens (including phenoxy) is 1. The zero-order valence-electron chi connectivity index (χ0n) is 15.6. The molecule has 0 amide bonds. The normalized spacial score (nSPS) is 24.9. The van der Waals surface area contributed by atoms with E-state index in [0.717, 1.165) is 58.1 Å². The SMILES string of the molecule is CCOC(=O)C1CCN(C(=NC)NCC2CN(C)CCN2C)CC1. The van der Waals surface area contributed by atoms with Gasteiger partial charge >= 0.3 is 5.97 Å². The maximum Gasteiger partial charge on any atom is 0.309 e. The van der Waals surface area contributed by atoms with Gasteiger partial charge in [0.2, 0.25) is 0 Å². The maximum absolute atomic E-state index is 11.8. The van der Waals surface area contributed by atoms with Gasteiger partial charge < -0.3 is 19.9 Å². The van der Waals surface area contributed by atoms with Crippen LogP contribution in [0.4, 0.5) is 0 Å². The minimum Gasteiger partial charge on any atom is -0.466 e. The smallest absolute Gasteiger partial charge is 0.309 e. The highest BCUT2D eigenvalue weighted by Crippen LogP contribution is 2.18. The van der Waals surface area contributed by atoms with Gasteiger partial charge in [0.1, 0.15) is 0 Å². The minimum atomic E-state index is -0.0491. The highest BCUT2D eigenvalue weighted by molar-refractivity contribution is 5.80. The van der Waals surface area contributed by atoms with Crippen LogP contribution in [0.3, 0.4) is 0 Å². The van der Waals surface area contributed by atoms with Crippen molar-refractivity contribution in [3.8, 4) is 0 Å². The maximum atomic E-state index is 11.8. The molecular formula is C17H33N5O2. The van der Waals surface area contributed by atoms with E-state index in [1.54, 1.807) is 0 Å². The largest absolute Gasteiger partial charge is 0.466 e. The van der Waals surface area contributed by atoms with Crippen LogP contribution in [0.2, 0.25) is 0 Å². The standard InChI is InChI=1S/C17H33N5O2/c1-5-24-16(23)14-6-8-22(9-7-14)17(18-2)19-12-15-13-20(3)10-11-21(15)4/h14-15H,5-13H2,1-4H3,(H,18,19). The van der Waals surface area contributed by atoms with E-state index in [2.05, 4.69) is 39.1 Å². The molecule has 0 saturated carbocycles. The summed E-state index contributed by atoms with van der Waals surface area (Å²) in [6, 6.07) is 0.498. The summed E-state index contributed by atoms with van der Waals surface area (Å²) in [5.74, 6) is 0.934. The number of guanidine groups is 1. The third-order valence-electron chi connectivity index (χ3n) is 5.10. The number of rotatable bonds is 4. The number of piperazine rings is 1. The first-order chi connectivity index (χ1) is 11.5. The van der Waals surface area contributed by atoms with Crippen molar-refractivity contribution in [2.24, 2.45) is 10.9 Å². The van der Waals surface area contributed by atoms with Gasteiger partial charge in [-0.1, -0.05) is 0 Å². The fraction of sp³-hybridized carbons (Fsp3) is 0.882. The van der Waals surface area contributed by atoms with Crippen LogP contribution in [0.5, 0.6) is 0 Å². The van der Waals surface area contributed by atoms with Crippen molar-refractivity contribution < 1.29 is 9.53 Å². The molecule has 0 aromatic heterocycles. The van der Waals surface area contributed by atoms with E-state index >= 15 is 0 Å².